The molecule has 0 radical (unpaired) electrons. The molecule has 0 aromatic carbocycles. The van der Waals surface area contributed by atoms with Crippen molar-refractivity contribution in [2.45, 2.75) is 102 Å². The second-order valence-corrected chi connectivity index (χ2v) is 6.34. The molecule has 0 fully saturated rings. The summed E-state index contributed by atoms with van der Waals surface area (Å²) < 4.78 is 0. The molecular formula is C18H36O4. The Bertz CT molecular complexity index is 243. The monoisotopic (exact) mass is 316 g/mol. The maximum Gasteiger partial charge on any atom is 0.303 e. The number of hydrogen-bond donors (Lipinski definition) is 3. The quantitative estimate of drug-likeness (QED) is 0.350. The Balaban J connectivity index is 3.15. The number of rotatable bonds is 17. The summed E-state index contributed by atoms with van der Waals surface area (Å²) in [4.78, 5) is 10.3. The lowest BCUT2D eigenvalue weighted by Crippen LogP contribution is -2.05. The standard InChI is InChI=1S/C18H36O4/c19-16-12-8-4-6-10-14-17(20)13-9-5-2-1-3-7-11-15-18(21)22/h17,19-20H,1-16H2,(H,21,22). The van der Waals surface area contributed by atoms with Crippen molar-refractivity contribution in [3.05, 3.63) is 0 Å². The van der Waals surface area contributed by atoms with Gasteiger partial charge in [0.1, 0.15) is 0 Å². The summed E-state index contributed by atoms with van der Waals surface area (Å²) in [7, 11) is 0. The SMILES string of the molecule is O=C(O)CCCCCCCCCC(O)CCCCCCCO. The Morgan fingerprint density at radius 1 is 0.682 bits per heavy atom. The van der Waals surface area contributed by atoms with E-state index in [0.29, 0.717) is 13.0 Å². The number of hydrogen-bond acceptors (Lipinski definition) is 3. The number of aliphatic carboxylic acids is 1. The third kappa shape index (κ3) is 17.4. The molecule has 1 unspecified atom stereocenters. The topological polar surface area (TPSA) is 77.8 Å². The fourth-order valence-corrected chi connectivity index (χ4v) is 2.71. The molecule has 3 N–H and O–H groups in total. The molecule has 0 aromatic rings. The molecule has 22 heavy (non-hydrogen) atoms. The van der Waals surface area contributed by atoms with Gasteiger partial charge in [0.15, 0.2) is 0 Å². The maximum atomic E-state index is 10.3. The first-order chi connectivity index (χ1) is 10.7. The van der Waals surface area contributed by atoms with Crippen LogP contribution >= 0.6 is 0 Å². The summed E-state index contributed by atoms with van der Waals surface area (Å²) >= 11 is 0. The Morgan fingerprint density at radius 2 is 1.09 bits per heavy atom. The van der Waals surface area contributed by atoms with E-state index in [1.807, 2.05) is 0 Å². The molecule has 0 rings (SSSR count). The summed E-state index contributed by atoms with van der Waals surface area (Å²) in [5, 5.41) is 27.1. The number of aliphatic hydroxyl groups excluding tert-OH is 2. The van der Waals surface area contributed by atoms with Crippen LogP contribution in [0, 0.1) is 0 Å². The van der Waals surface area contributed by atoms with Crippen molar-refractivity contribution in [1.29, 1.82) is 0 Å². The van der Waals surface area contributed by atoms with Crippen LogP contribution in [0.1, 0.15) is 96.3 Å². The summed E-state index contributed by atoms with van der Waals surface area (Å²) in [5.74, 6) is -0.692. The molecule has 4 nitrogen and oxygen atoms in total. The normalized spacial score (nSPS) is 12.5. The van der Waals surface area contributed by atoms with Crippen LogP contribution in [0.25, 0.3) is 0 Å². The van der Waals surface area contributed by atoms with E-state index in [4.69, 9.17) is 10.2 Å². The van der Waals surface area contributed by atoms with Crippen LogP contribution in [0.2, 0.25) is 0 Å². The van der Waals surface area contributed by atoms with E-state index in [-0.39, 0.29) is 6.10 Å². The molecule has 0 heterocycles. The molecule has 132 valence electrons. The van der Waals surface area contributed by atoms with Gasteiger partial charge < -0.3 is 15.3 Å². The van der Waals surface area contributed by atoms with Crippen LogP contribution in [0.5, 0.6) is 0 Å². The molecule has 0 aliphatic rings. The van der Waals surface area contributed by atoms with Crippen LogP contribution in [0.15, 0.2) is 0 Å². The molecule has 0 aliphatic carbocycles. The van der Waals surface area contributed by atoms with E-state index in [2.05, 4.69) is 0 Å². The van der Waals surface area contributed by atoms with Gasteiger partial charge in [-0.05, 0) is 25.7 Å². The zero-order chi connectivity index (χ0) is 16.5. The minimum absolute atomic E-state index is 0.145. The number of carboxylic acid groups (broad SMARTS) is 1. The zero-order valence-electron chi connectivity index (χ0n) is 14.1. The number of carboxylic acids is 1. The highest BCUT2D eigenvalue weighted by Crippen LogP contribution is 2.14. The van der Waals surface area contributed by atoms with E-state index in [1.165, 1.54) is 19.3 Å². The number of aliphatic hydroxyl groups is 2. The lowest BCUT2D eigenvalue weighted by molar-refractivity contribution is -0.137. The molecule has 0 saturated carbocycles. The lowest BCUT2D eigenvalue weighted by Gasteiger charge is -2.10. The molecule has 4 heteroatoms. The average molecular weight is 316 g/mol. The molecule has 0 aliphatic heterocycles. The molecule has 0 spiro atoms. The Morgan fingerprint density at radius 3 is 1.55 bits per heavy atom. The van der Waals surface area contributed by atoms with Crippen molar-refractivity contribution in [1.82, 2.24) is 0 Å². The van der Waals surface area contributed by atoms with Crippen LogP contribution in [-0.2, 0) is 4.79 Å². The van der Waals surface area contributed by atoms with E-state index in [1.54, 1.807) is 0 Å². The van der Waals surface area contributed by atoms with Gasteiger partial charge in [-0.25, -0.2) is 0 Å². The van der Waals surface area contributed by atoms with Crippen LogP contribution < -0.4 is 0 Å². The van der Waals surface area contributed by atoms with Gasteiger partial charge in [0, 0.05) is 13.0 Å². The second-order valence-electron chi connectivity index (χ2n) is 6.34. The van der Waals surface area contributed by atoms with Gasteiger partial charge in [-0.15, -0.1) is 0 Å². The molecular weight excluding hydrogens is 280 g/mol. The summed E-state index contributed by atoms with van der Waals surface area (Å²) in [6.45, 7) is 0.294. The van der Waals surface area contributed by atoms with E-state index < -0.39 is 5.97 Å². The Labute approximate surface area is 135 Å². The minimum atomic E-state index is -0.692. The summed E-state index contributed by atoms with van der Waals surface area (Å²) in [6, 6.07) is 0. The first-order valence-electron chi connectivity index (χ1n) is 9.17. The average Bonchev–Trinajstić information content (AvgIpc) is 2.48. The van der Waals surface area contributed by atoms with Crippen LogP contribution in [-0.4, -0.2) is 34.0 Å². The lowest BCUT2D eigenvalue weighted by atomic mass is 10.0. The second kappa shape index (κ2) is 16.8. The molecule has 0 amide bonds. The third-order valence-electron chi connectivity index (χ3n) is 4.12. The van der Waals surface area contributed by atoms with Gasteiger partial charge >= 0.3 is 5.97 Å². The first-order valence-corrected chi connectivity index (χ1v) is 9.17. The van der Waals surface area contributed by atoms with Crippen LogP contribution in [0.3, 0.4) is 0 Å². The number of unbranched alkanes of at least 4 members (excludes halogenated alkanes) is 10. The van der Waals surface area contributed by atoms with Gasteiger partial charge in [-0.2, -0.15) is 0 Å². The maximum absolute atomic E-state index is 10.3. The molecule has 1 atom stereocenters. The summed E-state index contributed by atoms with van der Waals surface area (Å²) in [6.07, 6.45) is 15.0. The first kappa shape index (κ1) is 21.4. The fourth-order valence-electron chi connectivity index (χ4n) is 2.71. The van der Waals surface area contributed by atoms with E-state index in [0.717, 1.165) is 70.6 Å². The highest BCUT2D eigenvalue weighted by atomic mass is 16.4. The fraction of sp³-hybridized carbons (Fsp3) is 0.944. The highest BCUT2D eigenvalue weighted by molar-refractivity contribution is 5.66. The zero-order valence-corrected chi connectivity index (χ0v) is 14.1. The minimum Gasteiger partial charge on any atom is -0.481 e. The smallest absolute Gasteiger partial charge is 0.303 e. The van der Waals surface area contributed by atoms with Crippen molar-refractivity contribution in [3.63, 3.8) is 0 Å². The predicted molar refractivity (Wildman–Crippen MR) is 90.0 cm³/mol. The predicted octanol–water partition coefficient (Wildman–Crippen LogP) is 4.28. The molecule has 0 aromatic heterocycles. The van der Waals surface area contributed by atoms with Crippen molar-refractivity contribution in [2.24, 2.45) is 0 Å². The van der Waals surface area contributed by atoms with Gasteiger partial charge in [0.2, 0.25) is 0 Å². The van der Waals surface area contributed by atoms with Crippen molar-refractivity contribution < 1.29 is 20.1 Å². The largest absolute Gasteiger partial charge is 0.481 e. The van der Waals surface area contributed by atoms with Gasteiger partial charge in [0.05, 0.1) is 6.10 Å². The van der Waals surface area contributed by atoms with Crippen molar-refractivity contribution >= 4 is 5.97 Å². The Hall–Kier alpha value is -0.610. The van der Waals surface area contributed by atoms with Crippen molar-refractivity contribution in [2.75, 3.05) is 6.61 Å². The van der Waals surface area contributed by atoms with Crippen LogP contribution in [0.4, 0.5) is 0 Å². The molecule has 0 saturated heterocycles. The number of carbonyl (C=O) groups is 1. The van der Waals surface area contributed by atoms with Gasteiger partial charge in [-0.1, -0.05) is 64.2 Å². The summed E-state index contributed by atoms with van der Waals surface area (Å²) in [5.41, 5.74) is 0. The third-order valence-corrected chi connectivity index (χ3v) is 4.12. The van der Waals surface area contributed by atoms with Gasteiger partial charge in [-0.3, -0.25) is 4.79 Å². The highest BCUT2D eigenvalue weighted by Gasteiger charge is 2.03. The van der Waals surface area contributed by atoms with E-state index >= 15 is 0 Å². The Kier molecular flexibility index (Phi) is 16.3. The van der Waals surface area contributed by atoms with E-state index in [9.17, 15) is 9.90 Å². The van der Waals surface area contributed by atoms with Crippen molar-refractivity contribution in [3.8, 4) is 0 Å². The van der Waals surface area contributed by atoms with Gasteiger partial charge in [0.25, 0.3) is 0 Å². The molecule has 0 bridgehead atoms.